The van der Waals surface area contributed by atoms with Gasteiger partial charge in [0.05, 0.1) is 24.1 Å². The van der Waals surface area contributed by atoms with Gasteiger partial charge in [-0.1, -0.05) is 41.5 Å². The average molecular weight is 383 g/mol. The topological polar surface area (TPSA) is 83.0 Å². The van der Waals surface area contributed by atoms with Gasteiger partial charge < -0.3 is 15.5 Å². The van der Waals surface area contributed by atoms with Crippen molar-refractivity contribution < 1.29 is 4.79 Å². The minimum atomic E-state index is -0.144. The number of amides is 1. The molecule has 28 heavy (non-hydrogen) atoms. The molecule has 1 aliphatic heterocycles. The molecule has 1 fully saturated rings. The van der Waals surface area contributed by atoms with E-state index in [0.29, 0.717) is 13.1 Å². The van der Waals surface area contributed by atoms with Gasteiger partial charge in [0.25, 0.3) is 0 Å². The highest BCUT2D eigenvalue weighted by Crippen LogP contribution is 2.28. The molecule has 1 aliphatic rings. The molecule has 1 saturated heterocycles. The van der Waals surface area contributed by atoms with Gasteiger partial charge in [-0.15, -0.1) is 0 Å². The molecule has 1 amide bonds. The number of hydrogen-bond donors (Lipinski definition) is 2. The molecule has 0 aromatic carbocycles. The highest BCUT2D eigenvalue weighted by molar-refractivity contribution is 5.82. The van der Waals surface area contributed by atoms with E-state index in [1.807, 2.05) is 23.1 Å². The number of hydrogen-bond acceptors (Lipinski definition) is 6. The summed E-state index contributed by atoms with van der Waals surface area (Å²) in [5.41, 5.74) is 1.63. The monoisotopic (exact) mass is 382 g/mol. The third kappa shape index (κ3) is 4.77. The second-order valence-electron chi connectivity index (χ2n) is 9.26. The Bertz CT molecular complexity index is 816. The maximum absolute atomic E-state index is 11.6. The minimum absolute atomic E-state index is 0.0284. The molecule has 0 atom stereocenters. The molecule has 3 rings (SSSR count). The molecule has 150 valence electrons. The van der Waals surface area contributed by atoms with E-state index < -0.39 is 0 Å². The van der Waals surface area contributed by atoms with Crippen molar-refractivity contribution in [2.75, 3.05) is 29.9 Å². The zero-order valence-electron chi connectivity index (χ0n) is 17.6. The Labute approximate surface area is 167 Å². The third-order valence-corrected chi connectivity index (χ3v) is 4.55. The summed E-state index contributed by atoms with van der Waals surface area (Å²) in [5.74, 6) is 2.40. The van der Waals surface area contributed by atoms with Crippen LogP contribution in [0.3, 0.4) is 0 Å². The SMILES string of the molecule is CC(C)(C)c1cc(Nc2ccc(N3CCNC(=O)C3)nc2)nc(C(C)(C)C)n1. The molecular formula is C21H30N6O. The fourth-order valence-corrected chi connectivity index (χ4v) is 2.86. The Morgan fingerprint density at radius 3 is 2.39 bits per heavy atom. The van der Waals surface area contributed by atoms with Crippen LogP contribution in [0.25, 0.3) is 0 Å². The summed E-state index contributed by atoms with van der Waals surface area (Å²) >= 11 is 0. The van der Waals surface area contributed by atoms with Crippen molar-refractivity contribution >= 4 is 23.2 Å². The highest BCUT2D eigenvalue weighted by atomic mass is 16.2. The van der Waals surface area contributed by atoms with Gasteiger partial charge in [0.2, 0.25) is 5.91 Å². The zero-order chi connectivity index (χ0) is 20.5. The number of aromatic nitrogens is 3. The fraction of sp³-hybridized carbons (Fsp3) is 0.524. The predicted molar refractivity (Wildman–Crippen MR) is 112 cm³/mol. The largest absolute Gasteiger partial charge is 0.353 e. The number of anilines is 3. The molecule has 0 aliphatic carbocycles. The van der Waals surface area contributed by atoms with Gasteiger partial charge in [-0.3, -0.25) is 4.79 Å². The molecule has 0 unspecified atom stereocenters. The molecule has 0 saturated carbocycles. The average Bonchev–Trinajstić information content (AvgIpc) is 2.60. The lowest BCUT2D eigenvalue weighted by molar-refractivity contribution is -0.120. The fourth-order valence-electron chi connectivity index (χ4n) is 2.86. The van der Waals surface area contributed by atoms with E-state index >= 15 is 0 Å². The van der Waals surface area contributed by atoms with Gasteiger partial charge in [0.15, 0.2) is 0 Å². The first-order valence-electron chi connectivity index (χ1n) is 9.67. The van der Waals surface area contributed by atoms with Crippen LogP contribution in [-0.4, -0.2) is 40.5 Å². The summed E-state index contributed by atoms with van der Waals surface area (Å²) in [6.45, 7) is 14.5. The van der Waals surface area contributed by atoms with Gasteiger partial charge >= 0.3 is 0 Å². The van der Waals surface area contributed by atoms with Gasteiger partial charge in [0, 0.05) is 30.0 Å². The molecule has 0 spiro atoms. The van der Waals surface area contributed by atoms with Crippen LogP contribution >= 0.6 is 0 Å². The van der Waals surface area contributed by atoms with Crippen molar-refractivity contribution in [3.05, 3.63) is 35.9 Å². The molecular weight excluding hydrogens is 352 g/mol. The second-order valence-corrected chi connectivity index (χ2v) is 9.26. The van der Waals surface area contributed by atoms with E-state index in [-0.39, 0.29) is 16.7 Å². The molecule has 2 aromatic heterocycles. The van der Waals surface area contributed by atoms with Crippen molar-refractivity contribution in [2.24, 2.45) is 0 Å². The van der Waals surface area contributed by atoms with Crippen molar-refractivity contribution in [2.45, 2.75) is 52.4 Å². The normalized spacial score (nSPS) is 15.4. The lowest BCUT2D eigenvalue weighted by Crippen LogP contribution is -2.48. The molecule has 0 radical (unpaired) electrons. The van der Waals surface area contributed by atoms with Crippen LogP contribution in [0, 0.1) is 0 Å². The summed E-state index contributed by atoms with van der Waals surface area (Å²) in [6.07, 6.45) is 1.78. The van der Waals surface area contributed by atoms with E-state index in [1.165, 1.54) is 0 Å². The lowest BCUT2D eigenvalue weighted by atomic mass is 9.90. The molecule has 3 heterocycles. The number of carbonyl (C=O) groups excluding carboxylic acids is 1. The number of nitrogens with one attached hydrogen (secondary N) is 2. The van der Waals surface area contributed by atoms with Crippen molar-refractivity contribution in [1.29, 1.82) is 0 Å². The minimum Gasteiger partial charge on any atom is -0.353 e. The quantitative estimate of drug-likeness (QED) is 0.849. The van der Waals surface area contributed by atoms with Gasteiger partial charge in [-0.2, -0.15) is 0 Å². The molecule has 7 nitrogen and oxygen atoms in total. The molecule has 2 N–H and O–H groups in total. The van der Waals surface area contributed by atoms with Crippen molar-refractivity contribution in [3.63, 3.8) is 0 Å². The van der Waals surface area contributed by atoms with Gasteiger partial charge in [-0.25, -0.2) is 15.0 Å². The van der Waals surface area contributed by atoms with Crippen LogP contribution < -0.4 is 15.5 Å². The first kappa shape index (κ1) is 20.0. The Morgan fingerprint density at radius 2 is 1.82 bits per heavy atom. The maximum atomic E-state index is 11.6. The molecule has 7 heteroatoms. The van der Waals surface area contributed by atoms with Crippen LogP contribution in [0.15, 0.2) is 24.4 Å². The lowest BCUT2D eigenvalue weighted by Gasteiger charge is -2.27. The van der Waals surface area contributed by atoms with Gasteiger partial charge in [-0.05, 0) is 12.1 Å². The number of piperazine rings is 1. The second kappa shape index (κ2) is 7.37. The summed E-state index contributed by atoms with van der Waals surface area (Å²) in [6, 6.07) is 5.89. The van der Waals surface area contributed by atoms with Crippen molar-refractivity contribution in [3.8, 4) is 0 Å². The van der Waals surface area contributed by atoms with E-state index in [9.17, 15) is 4.79 Å². The van der Waals surface area contributed by atoms with Crippen LogP contribution in [0.4, 0.5) is 17.3 Å². The van der Waals surface area contributed by atoms with Crippen LogP contribution in [0.5, 0.6) is 0 Å². The first-order chi connectivity index (χ1) is 13.0. The summed E-state index contributed by atoms with van der Waals surface area (Å²) in [4.78, 5) is 27.6. The highest BCUT2D eigenvalue weighted by Gasteiger charge is 2.24. The van der Waals surface area contributed by atoms with Crippen LogP contribution in [0.1, 0.15) is 53.1 Å². The predicted octanol–water partition coefficient (Wildman–Crippen LogP) is 3.15. The van der Waals surface area contributed by atoms with E-state index in [4.69, 9.17) is 9.97 Å². The third-order valence-electron chi connectivity index (χ3n) is 4.55. The Hall–Kier alpha value is -2.70. The van der Waals surface area contributed by atoms with E-state index in [1.54, 1.807) is 6.20 Å². The van der Waals surface area contributed by atoms with Crippen LogP contribution in [-0.2, 0) is 15.6 Å². The number of carbonyl (C=O) groups is 1. The summed E-state index contributed by atoms with van der Waals surface area (Å²) in [5, 5.41) is 6.18. The number of rotatable bonds is 3. The Kier molecular flexibility index (Phi) is 5.28. The zero-order valence-corrected chi connectivity index (χ0v) is 17.6. The van der Waals surface area contributed by atoms with Crippen LogP contribution in [0.2, 0.25) is 0 Å². The maximum Gasteiger partial charge on any atom is 0.239 e. The Morgan fingerprint density at radius 1 is 1.07 bits per heavy atom. The molecule has 2 aromatic rings. The standard InChI is InChI=1S/C21H30N6O/c1-20(2,3)15-11-16(26-19(25-15)21(4,5)6)24-14-7-8-17(23-12-14)27-10-9-22-18(28)13-27/h7-8,11-12H,9-10,13H2,1-6H3,(H,22,28)(H,24,25,26). The van der Waals surface area contributed by atoms with E-state index in [0.717, 1.165) is 35.4 Å². The smallest absolute Gasteiger partial charge is 0.239 e. The first-order valence-corrected chi connectivity index (χ1v) is 9.67. The molecule has 0 bridgehead atoms. The Balaban J connectivity index is 1.83. The summed E-state index contributed by atoms with van der Waals surface area (Å²) in [7, 11) is 0. The van der Waals surface area contributed by atoms with Crippen molar-refractivity contribution in [1.82, 2.24) is 20.3 Å². The number of pyridine rings is 1. The number of nitrogens with zero attached hydrogens (tertiary/aromatic N) is 4. The summed E-state index contributed by atoms with van der Waals surface area (Å²) < 4.78 is 0. The van der Waals surface area contributed by atoms with E-state index in [2.05, 4.69) is 57.2 Å². The van der Waals surface area contributed by atoms with Gasteiger partial charge in [0.1, 0.15) is 17.5 Å².